The molecule has 5 nitrogen and oxygen atoms in total. The first-order chi connectivity index (χ1) is 6.95. The van der Waals surface area contributed by atoms with Crippen LogP contribution in [0.15, 0.2) is 12.3 Å². The Morgan fingerprint density at radius 1 is 1.57 bits per heavy atom. The van der Waals surface area contributed by atoms with Gasteiger partial charge in [-0.2, -0.15) is 0 Å². The SMILES string of the molecule is c1cc(CCCOC[C@H]2CO2)nnn1. The highest BCUT2D eigenvalue weighted by Gasteiger charge is 2.21. The van der Waals surface area contributed by atoms with E-state index in [1.165, 1.54) is 0 Å². The Kier molecular flexibility index (Phi) is 3.37. The fourth-order valence-corrected chi connectivity index (χ4v) is 1.13. The lowest BCUT2D eigenvalue weighted by Gasteiger charge is -2.00. The van der Waals surface area contributed by atoms with E-state index < -0.39 is 0 Å². The molecule has 5 heteroatoms. The molecule has 0 unspecified atom stereocenters. The van der Waals surface area contributed by atoms with Gasteiger partial charge in [0, 0.05) is 6.61 Å². The van der Waals surface area contributed by atoms with Crippen LogP contribution in [0, 0.1) is 0 Å². The van der Waals surface area contributed by atoms with Gasteiger partial charge in [0.15, 0.2) is 0 Å². The molecule has 1 aliphatic heterocycles. The molecule has 0 aromatic carbocycles. The number of rotatable bonds is 6. The van der Waals surface area contributed by atoms with Crippen LogP contribution in [0.5, 0.6) is 0 Å². The van der Waals surface area contributed by atoms with Gasteiger partial charge in [0.05, 0.1) is 25.1 Å². The smallest absolute Gasteiger partial charge is 0.104 e. The monoisotopic (exact) mass is 195 g/mol. The molecule has 76 valence electrons. The zero-order valence-electron chi connectivity index (χ0n) is 7.93. The molecular weight excluding hydrogens is 182 g/mol. The van der Waals surface area contributed by atoms with E-state index in [4.69, 9.17) is 9.47 Å². The predicted molar refractivity (Wildman–Crippen MR) is 48.7 cm³/mol. The minimum atomic E-state index is 0.357. The summed E-state index contributed by atoms with van der Waals surface area (Å²) < 4.78 is 10.4. The fourth-order valence-electron chi connectivity index (χ4n) is 1.13. The Morgan fingerprint density at radius 2 is 2.50 bits per heavy atom. The van der Waals surface area contributed by atoms with Crippen LogP contribution < -0.4 is 0 Å². The van der Waals surface area contributed by atoms with E-state index >= 15 is 0 Å². The van der Waals surface area contributed by atoms with E-state index in [9.17, 15) is 0 Å². The third-order valence-corrected chi connectivity index (χ3v) is 1.99. The molecule has 1 aliphatic rings. The second-order valence-electron chi connectivity index (χ2n) is 3.25. The number of aromatic nitrogens is 3. The van der Waals surface area contributed by atoms with Crippen LogP contribution in [-0.2, 0) is 15.9 Å². The Bertz CT molecular complexity index is 264. The number of nitrogens with zero attached hydrogens (tertiary/aromatic N) is 3. The molecule has 0 bridgehead atoms. The molecule has 1 aromatic rings. The van der Waals surface area contributed by atoms with Crippen molar-refractivity contribution in [3.8, 4) is 0 Å². The van der Waals surface area contributed by atoms with Crippen molar-refractivity contribution in [2.75, 3.05) is 19.8 Å². The van der Waals surface area contributed by atoms with Crippen LogP contribution in [0.2, 0.25) is 0 Å². The van der Waals surface area contributed by atoms with Crippen molar-refractivity contribution in [2.24, 2.45) is 0 Å². The van der Waals surface area contributed by atoms with Crippen LogP contribution in [0.3, 0.4) is 0 Å². The minimum absolute atomic E-state index is 0.357. The number of aryl methyl sites for hydroxylation is 1. The number of hydrogen-bond donors (Lipinski definition) is 0. The summed E-state index contributed by atoms with van der Waals surface area (Å²) >= 11 is 0. The fraction of sp³-hybridized carbons (Fsp3) is 0.667. The molecule has 2 heterocycles. The maximum Gasteiger partial charge on any atom is 0.104 e. The molecule has 1 fully saturated rings. The summed E-state index contributed by atoms with van der Waals surface area (Å²) in [5, 5.41) is 11.1. The Labute approximate surface area is 82.4 Å². The Hall–Kier alpha value is -1.07. The van der Waals surface area contributed by atoms with Gasteiger partial charge in [-0.1, -0.05) is 0 Å². The molecule has 0 N–H and O–H groups in total. The summed E-state index contributed by atoms with van der Waals surface area (Å²) in [6.45, 7) is 2.34. The lowest BCUT2D eigenvalue weighted by molar-refractivity contribution is 0.114. The zero-order valence-corrected chi connectivity index (χ0v) is 7.93. The minimum Gasteiger partial charge on any atom is -0.379 e. The standard InChI is InChI=1S/C9H13N3O2/c1(5-13-6-9-7-14-9)2-8-3-4-10-12-11-8/h3-4,9H,1-2,5-7H2/t9-/m0/s1. The number of epoxide rings is 1. The third kappa shape index (κ3) is 3.35. The quantitative estimate of drug-likeness (QED) is 0.480. The lowest BCUT2D eigenvalue weighted by Crippen LogP contribution is -2.04. The summed E-state index contributed by atoms with van der Waals surface area (Å²) in [6, 6.07) is 1.87. The molecule has 2 rings (SSSR count). The first-order valence-corrected chi connectivity index (χ1v) is 4.78. The second kappa shape index (κ2) is 4.97. The van der Waals surface area contributed by atoms with Gasteiger partial charge in [-0.15, -0.1) is 10.2 Å². The summed E-state index contributed by atoms with van der Waals surface area (Å²) in [5.41, 5.74) is 0.964. The van der Waals surface area contributed by atoms with Gasteiger partial charge in [-0.3, -0.25) is 0 Å². The van der Waals surface area contributed by atoms with Crippen LogP contribution >= 0.6 is 0 Å². The molecule has 0 saturated carbocycles. The number of hydrogen-bond acceptors (Lipinski definition) is 5. The average Bonchev–Trinajstić information content (AvgIpc) is 3.03. The van der Waals surface area contributed by atoms with E-state index in [0.29, 0.717) is 6.10 Å². The first kappa shape index (κ1) is 9.48. The van der Waals surface area contributed by atoms with E-state index in [-0.39, 0.29) is 0 Å². The van der Waals surface area contributed by atoms with Crippen LogP contribution in [0.4, 0.5) is 0 Å². The summed E-state index contributed by atoms with van der Waals surface area (Å²) in [4.78, 5) is 0. The van der Waals surface area contributed by atoms with Crippen molar-refractivity contribution in [1.82, 2.24) is 15.4 Å². The van der Waals surface area contributed by atoms with E-state index in [1.807, 2.05) is 6.07 Å². The van der Waals surface area contributed by atoms with E-state index in [2.05, 4.69) is 15.4 Å². The van der Waals surface area contributed by atoms with Gasteiger partial charge in [0.1, 0.15) is 6.10 Å². The van der Waals surface area contributed by atoms with Crippen molar-refractivity contribution < 1.29 is 9.47 Å². The lowest BCUT2D eigenvalue weighted by atomic mass is 10.2. The van der Waals surface area contributed by atoms with Gasteiger partial charge in [-0.25, -0.2) is 0 Å². The molecule has 0 spiro atoms. The average molecular weight is 195 g/mol. The number of ether oxygens (including phenoxy) is 2. The normalized spacial score (nSPS) is 19.6. The maximum absolute atomic E-state index is 5.39. The third-order valence-electron chi connectivity index (χ3n) is 1.99. The van der Waals surface area contributed by atoms with Crippen LogP contribution in [-0.4, -0.2) is 41.3 Å². The van der Waals surface area contributed by atoms with Crippen molar-refractivity contribution in [3.63, 3.8) is 0 Å². The maximum atomic E-state index is 5.39. The summed E-state index contributed by atoms with van der Waals surface area (Å²) in [6.07, 6.45) is 3.86. The Balaban J connectivity index is 1.54. The van der Waals surface area contributed by atoms with Crippen molar-refractivity contribution in [1.29, 1.82) is 0 Å². The van der Waals surface area contributed by atoms with Gasteiger partial charge < -0.3 is 9.47 Å². The highest BCUT2D eigenvalue weighted by molar-refractivity contribution is 4.94. The molecule has 0 amide bonds. The molecule has 0 aliphatic carbocycles. The van der Waals surface area contributed by atoms with Crippen molar-refractivity contribution in [2.45, 2.75) is 18.9 Å². The van der Waals surface area contributed by atoms with E-state index in [0.717, 1.165) is 38.4 Å². The highest BCUT2D eigenvalue weighted by Crippen LogP contribution is 2.08. The highest BCUT2D eigenvalue weighted by atomic mass is 16.6. The second-order valence-corrected chi connectivity index (χ2v) is 3.25. The van der Waals surface area contributed by atoms with Crippen molar-refractivity contribution >= 4 is 0 Å². The van der Waals surface area contributed by atoms with Gasteiger partial charge in [0.2, 0.25) is 0 Å². The van der Waals surface area contributed by atoms with E-state index in [1.54, 1.807) is 6.20 Å². The molecular formula is C9H13N3O2. The molecule has 1 saturated heterocycles. The predicted octanol–water partition coefficient (Wildman–Crippen LogP) is 0.220. The zero-order chi connectivity index (χ0) is 9.64. The Morgan fingerprint density at radius 3 is 3.21 bits per heavy atom. The van der Waals surface area contributed by atoms with Gasteiger partial charge >= 0.3 is 0 Å². The summed E-state index contributed by atoms with van der Waals surface area (Å²) in [7, 11) is 0. The van der Waals surface area contributed by atoms with Gasteiger partial charge in [0.25, 0.3) is 0 Å². The molecule has 14 heavy (non-hydrogen) atoms. The largest absolute Gasteiger partial charge is 0.379 e. The van der Waals surface area contributed by atoms with Gasteiger partial charge in [-0.05, 0) is 24.1 Å². The topological polar surface area (TPSA) is 60.4 Å². The molecule has 1 aromatic heterocycles. The van der Waals surface area contributed by atoms with Crippen molar-refractivity contribution in [3.05, 3.63) is 18.0 Å². The molecule has 1 atom stereocenters. The van der Waals surface area contributed by atoms with Crippen LogP contribution in [0.25, 0.3) is 0 Å². The first-order valence-electron chi connectivity index (χ1n) is 4.78. The summed E-state index contributed by atoms with van der Waals surface area (Å²) in [5.74, 6) is 0. The molecule has 0 radical (unpaired) electrons. The van der Waals surface area contributed by atoms with Crippen LogP contribution in [0.1, 0.15) is 12.1 Å².